The quantitative estimate of drug-likeness (QED) is 0.648. The molecule has 0 spiro atoms. The van der Waals surface area contributed by atoms with Gasteiger partial charge in [-0.25, -0.2) is 0 Å². The minimum absolute atomic E-state index is 0.140. The van der Waals surface area contributed by atoms with E-state index in [9.17, 15) is 27.6 Å². The van der Waals surface area contributed by atoms with E-state index < -0.39 is 42.0 Å². The molecular formula is C23H21F3N4O4. The first-order chi connectivity index (χ1) is 16.2. The third-order valence-electron chi connectivity index (χ3n) is 5.30. The Kier molecular flexibility index (Phi) is 7.73. The predicted octanol–water partition coefficient (Wildman–Crippen LogP) is 2.66. The maximum atomic E-state index is 12.7. The Morgan fingerprint density at radius 2 is 1.68 bits per heavy atom. The Hall–Kier alpha value is -4.07. The maximum absolute atomic E-state index is 12.7. The lowest BCUT2D eigenvalue weighted by atomic mass is 9.95. The molecule has 3 amide bonds. The summed E-state index contributed by atoms with van der Waals surface area (Å²) >= 11 is 0. The lowest BCUT2D eigenvalue weighted by molar-refractivity contribution is -0.137. The third kappa shape index (κ3) is 6.25. The smallest absolute Gasteiger partial charge is 0.416 e. The molecule has 11 heteroatoms. The van der Waals surface area contributed by atoms with Crippen LogP contribution in [0.2, 0.25) is 0 Å². The van der Waals surface area contributed by atoms with Crippen LogP contribution >= 0.6 is 0 Å². The lowest BCUT2D eigenvalue weighted by Crippen LogP contribution is -2.49. The van der Waals surface area contributed by atoms with Gasteiger partial charge >= 0.3 is 6.18 Å². The molecule has 0 aliphatic carbocycles. The van der Waals surface area contributed by atoms with E-state index in [0.29, 0.717) is 12.8 Å². The fourth-order valence-electron chi connectivity index (χ4n) is 3.43. The van der Waals surface area contributed by atoms with Gasteiger partial charge in [-0.3, -0.25) is 25.2 Å². The summed E-state index contributed by atoms with van der Waals surface area (Å²) in [6, 6.07) is 12.3. The van der Waals surface area contributed by atoms with Crippen molar-refractivity contribution in [1.82, 2.24) is 15.8 Å². The van der Waals surface area contributed by atoms with Crippen LogP contribution in [0.5, 0.6) is 5.75 Å². The highest BCUT2D eigenvalue weighted by Crippen LogP contribution is 2.29. The number of nitrogens with one attached hydrogen (secondary N) is 2. The zero-order valence-corrected chi connectivity index (χ0v) is 17.9. The number of para-hydroxylation sites is 1. The van der Waals surface area contributed by atoms with E-state index in [0.717, 1.165) is 24.3 Å². The molecule has 1 saturated heterocycles. The third-order valence-corrected chi connectivity index (χ3v) is 5.30. The number of hydrogen-bond donors (Lipinski definition) is 2. The molecule has 2 aromatic carbocycles. The second kappa shape index (κ2) is 10.7. The van der Waals surface area contributed by atoms with Crippen LogP contribution in [0.4, 0.5) is 13.2 Å². The van der Waals surface area contributed by atoms with E-state index in [1.165, 1.54) is 4.90 Å². The van der Waals surface area contributed by atoms with Crippen molar-refractivity contribution in [2.45, 2.75) is 19.0 Å². The summed E-state index contributed by atoms with van der Waals surface area (Å²) in [6.45, 7) is 0.0962. The highest BCUT2D eigenvalue weighted by Gasteiger charge is 2.31. The number of hydrogen-bond acceptors (Lipinski definition) is 5. The number of halogens is 3. The van der Waals surface area contributed by atoms with Gasteiger partial charge < -0.3 is 9.64 Å². The second-order valence-corrected chi connectivity index (χ2v) is 7.58. The molecule has 1 aliphatic rings. The monoisotopic (exact) mass is 474 g/mol. The van der Waals surface area contributed by atoms with E-state index in [1.54, 1.807) is 24.3 Å². The topological polar surface area (TPSA) is 112 Å². The number of carbonyl (C=O) groups excluding carboxylic acids is 3. The van der Waals surface area contributed by atoms with Crippen LogP contribution in [-0.2, 0) is 15.8 Å². The van der Waals surface area contributed by atoms with Crippen LogP contribution in [0.3, 0.4) is 0 Å². The Labute approximate surface area is 193 Å². The highest BCUT2D eigenvalue weighted by atomic mass is 19.4. The number of piperidine rings is 1. The summed E-state index contributed by atoms with van der Waals surface area (Å²) in [5.74, 6) is -1.65. The SMILES string of the molecule is N#Cc1ccccc1OCC(=O)NNC(=O)C1CCN(C(=O)c2ccc(C(F)(F)F)cc2)CC1. The van der Waals surface area contributed by atoms with Crippen molar-refractivity contribution >= 4 is 17.7 Å². The number of nitrogens with zero attached hydrogens (tertiary/aromatic N) is 2. The lowest BCUT2D eigenvalue weighted by Gasteiger charge is -2.31. The molecule has 0 radical (unpaired) electrons. The first-order valence-corrected chi connectivity index (χ1v) is 10.4. The summed E-state index contributed by atoms with van der Waals surface area (Å²) in [5.41, 5.74) is 4.15. The molecule has 0 bridgehead atoms. The van der Waals surface area contributed by atoms with Gasteiger partial charge in [-0.05, 0) is 49.2 Å². The van der Waals surface area contributed by atoms with E-state index in [-0.39, 0.29) is 30.0 Å². The van der Waals surface area contributed by atoms with Crippen molar-refractivity contribution in [1.29, 1.82) is 5.26 Å². The normalized spacial score (nSPS) is 14.1. The van der Waals surface area contributed by atoms with E-state index in [2.05, 4.69) is 10.9 Å². The van der Waals surface area contributed by atoms with Gasteiger partial charge in [-0.1, -0.05) is 12.1 Å². The van der Waals surface area contributed by atoms with Crippen molar-refractivity contribution in [2.24, 2.45) is 5.92 Å². The Bertz CT molecular complexity index is 1090. The van der Waals surface area contributed by atoms with Gasteiger partial charge in [0.15, 0.2) is 6.61 Å². The molecule has 3 rings (SSSR count). The number of amides is 3. The minimum Gasteiger partial charge on any atom is -0.482 e. The first kappa shape index (κ1) is 24.6. The number of nitriles is 1. The number of likely N-dealkylation sites (tertiary alicyclic amines) is 1. The van der Waals surface area contributed by atoms with Gasteiger partial charge in [0.2, 0.25) is 5.91 Å². The van der Waals surface area contributed by atoms with E-state index >= 15 is 0 Å². The molecule has 1 heterocycles. The molecule has 0 saturated carbocycles. The van der Waals surface area contributed by atoms with Gasteiger partial charge in [0.1, 0.15) is 11.8 Å². The van der Waals surface area contributed by atoms with Crippen molar-refractivity contribution in [3.8, 4) is 11.8 Å². The molecule has 0 atom stereocenters. The number of benzene rings is 2. The van der Waals surface area contributed by atoms with Crippen LogP contribution in [0.1, 0.15) is 34.3 Å². The van der Waals surface area contributed by atoms with Gasteiger partial charge in [-0.2, -0.15) is 18.4 Å². The molecular weight excluding hydrogens is 453 g/mol. The second-order valence-electron chi connectivity index (χ2n) is 7.58. The summed E-state index contributed by atoms with van der Waals surface area (Å²) in [4.78, 5) is 38.3. The molecule has 8 nitrogen and oxygen atoms in total. The summed E-state index contributed by atoms with van der Waals surface area (Å²) in [5, 5.41) is 9.01. The molecule has 1 aliphatic heterocycles. The number of hydrazine groups is 1. The fourth-order valence-corrected chi connectivity index (χ4v) is 3.43. The summed E-state index contributed by atoms with van der Waals surface area (Å²) in [7, 11) is 0. The average molecular weight is 474 g/mol. The van der Waals surface area contributed by atoms with Gasteiger partial charge in [-0.15, -0.1) is 0 Å². The molecule has 2 N–H and O–H groups in total. The number of rotatable bonds is 5. The predicted molar refractivity (Wildman–Crippen MR) is 113 cm³/mol. The molecule has 0 unspecified atom stereocenters. The van der Waals surface area contributed by atoms with Crippen LogP contribution in [0.15, 0.2) is 48.5 Å². The number of ether oxygens (including phenoxy) is 1. The van der Waals surface area contributed by atoms with Crippen molar-refractivity contribution in [3.05, 3.63) is 65.2 Å². The van der Waals surface area contributed by atoms with Crippen molar-refractivity contribution < 1.29 is 32.3 Å². The molecule has 178 valence electrons. The Balaban J connectivity index is 1.42. The Morgan fingerprint density at radius 3 is 2.29 bits per heavy atom. The summed E-state index contributed by atoms with van der Waals surface area (Å²) in [6.07, 6.45) is -3.81. The van der Waals surface area contributed by atoms with Crippen molar-refractivity contribution in [2.75, 3.05) is 19.7 Å². The average Bonchev–Trinajstić information content (AvgIpc) is 2.85. The van der Waals surface area contributed by atoms with Gasteiger partial charge in [0, 0.05) is 24.6 Å². The number of alkyl halides is 3. The zero-order valence-electron chi connectivity index (χ0n) is 17.9. The molecule has 0 aromatic heterocycles. The Morgan fingerprint density at radius 1 is 1.03 bits per heavy atom. The van der Waals surface area contributed by atoms with Gasteiger partial charge in [0.05, 0.1) is 11.1 Å². The van der Waals surface area contributed by atoms with Crippen molar-refractivity contribution in [3.63, 3.8) is 0 Å². The van der Waals surface area contributed by atoms with Crippen LogP contribution in [0.25, 0.3) is 0 Å². The molecule has 1 fully saturated rings. The van der Waals surface area contributed by atoms with Crippen LogP contribution < -0.4 is 15.6 Å². The summed E-state index contributed by atoms with van der Waals surface area (Å²) < 4.78 is 43.3. The molecule has 2 aromatic rings. The maximum Gasteiger partial charge on any atom is 0.416 e. The highest BCUT2D eigenvalue weighted by molar-refractivity contribution is 5.94. The standard InChI is InChI=1S/C23H21F3N4O4/c24-23(25,26)18-7-5-16(6-8-18)22(33)30-11-9-15(10-12-30)21(32)29-28-20(31)14-34-19-4-2-1-3-17(19)13-27/h1-8,15H,9-12,14H2,(H,28,31)(H,29,32). The van der Waals surface area contributed by atoms with E-state index in [1.807, 2.05) is 6.07 Å². The van der Waals surface area contributed by atoms with E-state index in [4.69, 9.17) is 10.00 Å². The number of carbonyl (C=O) groups is 3. The zero-order chi connectivity index (χ0) is 24.7. The van der Waals surface area contributed by atoms with Crippen LogP contribution in [-0.4, -0.2) is 42.3 Å². The first-order valence-electron chi connectivity index (χ1n) is 10.4. The largest absolute Gasteiger partial charge is 0.482 e. The fraction of sp³-hybridized carbons (Fsp3) is 0.304. The molecule has 34 heavy (non-hydrogen) atoms. The van der Waals surface area contributed by atoms with Crippen LogP contribution in [0, 0.1) is 17.2 Å². The minimum atomic E-state index is -4.48. The van der Waals surface area contributed by atoms with Gasteiger partial charge in [0.25, 0.3) is 11.8 Å².